The maximum atomic E-state index is 12.1. The molecule has 0 unspecified atom stereocenters. The van der Waals surface area contributed by atoms with Crippen LogP contribution in [0.4, 0.5) is 5.69 Å². The Labute approximate surface area is 148 Å². The monoisotopic (exact) mass is 343 g/mol. The molecule has 0 spiro atoms. The quantitative estimate of drug-likeness (QED) is 0.606. The molecule has 25 heavy (non-hydrogen) atoms. The Bertz CT molecular complexity index is 652. The van der Waals surface area contributed by atoms with Gasteiger partial charge in [-0.2, -0.15) is 0 Å². The van der Waals surface area contributed by atoms with Gasteiger partial charge in [0.2, 0.25) is 5.91 Å². The number of hydrogen-bond donors (Lipinski definition) is 1. The number of amides is 1. The highest BCUT2D eigenvalue weighted by molar-refractivity contribution is 5.98. The number of Topliss-reactive ketones (excluding diaryl/α,β-unsaturated/α-hetero) is 1. The number of carbonyl (C=O) groups is 3. The minimum absolute atomic E-state index is 0.0754. The lowest BCUT2D eigenvalue weighted by Gasteiger charge is -2.20. The van der Waals surface area contributed by atoms with E-state index in [1.807, 2.05) is 0 Å². The summed E-state index contributed by atoms with van der Waals surface area (Å²) >= 11 is 0. The summed E-state index contributed by atoms with van der Waals surface area (Å²) in [5.74, 6) is 1.36. The second kappa shape index (κ2) is 7.81. The Balaban J connectivity index is 1.44. The Morgan fingerprint density at radius 1 is 1.12 bits per heavy atom. The van der Waals surface area contributed by atoms with Gasteiger partial charge in [-0.25, -0.2) is 0 Å². The molecule has 5 heteroatoms. The molecule has 5 nitrogen and oxygen atoms in total. The van der Waals surface area contributed by atoms with Crippen molar-refractivity contribution < 1.29 is 19.1 Å². The first kappa shape index (κ1) is 17.6. The van der Waals surface area contributed by atoms with E-state index in [-0.39, 0.29) is 24.3 Å². The maximum Gasteiger partial charge on any atom is 0.306 e. The van der Waals surface area contributed by atoms with Crippen molar-refractivity contribution in [1.82, 2.24) is 0 Å². The number of fused-ring (bicyclic) bond motifs is 2. The van der Waals surface area contributed by atoms with Gasteiger partial charge in [0.1, 0.15) is 0 Å². The third-order valence-corrected chi connectivity index (χ3v) is 5.49. The molecule has 3 rings (SSSR count). The van der Waals surface area contributed by atoms with E-state index in [2.05, 4.69) is 5.32 Å². The molecule has 2 fully saturated rings. The van der Waals surface area contributed by atoms with E-state index in [1.54, 1.807) is 31.2 Å². The van der Waals surface area contributed by atoms with Gasteiger partial charge in [0.25, 0.3) is 0 Å². The summed E-state index contributed by atoms with van der Waals surface area (Å²) in [6.45, 7) is 1.55. The summed E-state index contributed by atoms with van der Waals surface area (Å²) < 4.78 is 5.18. The van der Waals surface area contributed by atoms with Gasteiger partial charge in [0, 0.05) is 24.1 Å². The van der Waals surface area contributed by atoms with Crippen LogP contribution in [-0.4, -0.2) is 24.3 Å². The SMILES string of the molecule is CCC(=O)Nc1ccc(C(=O)COC(=O)C[C@H]2C[C@H]3CC[C@@H]2C3)cc1. The van der Waals surface area contributed by atoms with E-state index in [4.69, 9.17) is 4.74 Å². The van der Waals surface area contributed by atoms with E-state index in [0.29, 0.717) is 35.9 Å². The van der Waals surface area contributed by atoms with Gasteiger partial charge in [0.05, 0.1) is 0 Å². The fraction of sp³-hybridized carbons (Fsp3) is 0.550. The van der Waals surface area contributed by atoms with Crippen molar-refractivity contribution in [2.45, 2.75) is 45.4 Å². The van der Waals surface area contributed by atoms with Gasteiger partial charge in [-0.05, 0) is 61.3 Å². The van der Waals surface area contributed by atoms with Crippen molar-refractivity contribution in [3.8, 4) is 0 Å². The van der Waals surface area contributed by atoms with E-state index in [1.165, 1.54) is 19.3 Å². The van der Waals surface area contributed by atoms with Crippen molar-refractivity contribution in [2.24, 2.45) is 17.8 Å². The summed E-state index contributed by atoms with van der Waals surface area (Å²) in [6.07, 6.45) is 5.79. The summed E-state index contributed by atoms with van der Waals surface area (Å²) in [5.41, 5.74) is 1.12. The third-order valence-electron chi connectivity index (χ3n) is 5.49. The predicted octanol–water partition coefficient (Wildman–Crippen LogP) is 3.59. The number of nitrogens with one attached hydrogen (secondary N) is 1. The molecule has 1 aromatic carbocycles. The fourth-order valence-corrected chi connectivity index (χ4v) is 4.12. The second-order valence-electron chi connectivity index (χ2n) is 7.20. The van der Waals surface area contributed by atoms with Gasteiger partial charge in [-0.3, -0.25) is 14.4 Å². The van der Waals surface area contributed by atoms with Crippen molar-refractivity contribution in [3.63, 3.8) is 0 Å². The van der Waals surface area contributed by atoms with Gasteiger partial charge in [-0.15, -0.1) is 0 Å². The minimum Gasteiger partial charge on any atom is -0.457 e. The van der Waals surface area contributed by atoms with Crippen LogP contribution in [0.25, 0.3) is 0 Å². The van der Waals surface area contributed by atoms with Crippen molar-refractivity contribution in [2.75, 3.05) is 11.9 Å². The van der Waals surface area contributed by atoms with Crippen LogP contribution in [0.5, 0.6) is 0 Å². The molecular weight excluding hydrogens is 318 g/mol. The average molecular weight is 343 g/mol. The second-order valence-corrected chi connectivity index (χ2v) is 7.20. The number of esters is 1. The molecule has 0 heterocycles. The van der Waals surface area contributed by atoms with Crippen LogP contribution < -0.4 is 5.32 Å². The smallest absolute Gasteiger partial charge is 0.306 e. The molecule has 0 radical (unpaired) electrons. The van der Waals surface area contributed by atoms with Gasteiger partial charge in [-0.1, -0.05) is 13.3 Å². The lowest BCUT2D eigenvalue weighted by molar-refractivity contribution is -0.144. The number of carbonyl (C=O) groups excluding carboxylic acids is 3. The summed E-state index contributed by atoms with van der Waals surface area (Å²) in [4.78, 5) is 35.5. The number of anilines is 1. The Morgan fingerprint density at radius 2 is 1.88 bits per heavy atom. The number of ether oxygens (including phenoxy) is 1. The number of hydrogen-bond acceptors (Lipinski definition) is 4. The minimum atomic E-state index is -0.266. The third kappa shape index (κ3) is 4.47. The van der Waals surface area contributed by atoms with Gasteiger partial charge >= 0.3 is 5.97 Å². The highest BCUT2D eigenvalue weighted by Gasteiger charge is 2.40. The van der Waals surface area contributed by atoms with Crippen molar-refractivity contribution >= 4 is 23.3 Å². The zero-order chi connectivity index (χ0) is 17.8. The van der Waals surface area contributed by atoms with Crippen LogP contribution in [0.2, 0.25) is 0 Å². The Hall–Kier alpha value is -2.17. The molecule has 2 bridgehead atoms. The maximum absolute atomic E-state index is 12.1. The first-order valence-electron chi connectivity index (χ1n) is 9.14. The summed E-state index contributed by atoms with van der Waals surface area (Å²) in [7, 11) is 0. The van der Waals surface area contributed by atoms with E-state index >= 15 is 0 Å². The van der Waals surface area contributed by atoms with E-state index in [9.17, 15) is 14.4 Å². The van der Waals surface area contributed by atoms with Crippen LogP contribution in [0.3, 0.4) is 0 Å². The zero-order valence-electron chi connectivity index (χ0n) is 14.6. The van der Waals surface area contributed by atoms with E-state index < -0.39 is 0 Å². The molecular formula is C20H25NO4. The molecule has 1 amide bonds. The standard InChI is InChI=1S/C20H25NO4/c1-2-19(23)21-17-7-5-14(6-8-17)18(22)12-25-20(24)11-16-10-13-3-4-15(16)9-13/h5-8,13,15-16H,2-4,9-12H2,1H3,(H,21,23)/t13-,15+,16+/m0/s1. The summed E-state index contributed by atoms with van der Waals surface area (Å²) in [5, 5.41) is 2.73. The van der Waals surface area contributed by atoms with Crippen LogP contribution in [0.1, 0.15) is 55.8 Å². The average Bonchev–Trinajstić information content (AvgIpc) is 3.23. The fourth-order valence-electron chi connectivity index (χ4n) is 4.12. The molecule has 0 saturated heterocycles. The molecule has 2 aliphatic carbocycles. The number of benzene rings is 1. The highest BCUT2D eigenvalue weighted by Crippen LogP contribution is 2.49. The molecule has 1 N–H and O–H groups in total. The summed E-state index contributed by atoms with van der Waals surface area (Å²) in [6, 6.07) is 6.63. The van der Waals surface area contributed by atoms with E-state index in [0.717, 1.165) is 12.3 Å². The van der Waals surface area contributed by atoms with Crippen molar-refractivity contribution in [1.29, 1.82) is 0 Å². The lowest BCUT2D eigenvalue weighted by Crippen LogP contribution is -2.19. The normalized spacial score (nSPS) is 24.1. The van der Waals surface area contributed by atoms with Gasteiger partial charge in [0.15, 0.2) is 12.4 Å². The Morgan fingerprint density at radius 3 is 2.48 bits per heavy atom. The van der Waals surface area contributed by atoms with Crippen LogP contribution in [-0.2, 0) is 14.3 Å². The molecule has 3 atom stereocenters. The molecule has 0 aromatic heterocycles. The highest BCUT2D eigenvalue weighted by atomic mass is 16.5. The predicted molar refractivity (Wildman–Crippen MR) is 94.2 cm³/mol. The first-order valence-corrected chi connectivity index (χ1v) is 9.14. The molecule has 0 aliphatic heterocycles. The zero-order valence-corrected chi connectivity index (χ0v) is 14.6. The topological polar surface area (TPSA) is 72.5 Å². The Kier molecular flexibility index (Phi) is 5.51. The van der Waals surface area contributed by atoms with Crippen molar-refractivity contribution in [3.05, 3.63) is 29.8 Å². The molecule has 134 valence electrons. The number of ketones is 1. The van der Waals surface area contributed by atoms with Crippen LogP contribution >= 0.6 is 0 Å². The molecule has 2 saturated carbocycles. The first-order chi connectivity index (χ1) is 12.0. The number of rotatable bonds is 7. The van der Waals surface area contributed by atoms with Crippen LogP contribution in [0.15, 0.2) is 24.3 Å². The molecule has 2 aliphatic rings. The molecule has 1 aromatic rings. The van der Waals surface area contributed by atoms with Crippen LogP contribution in [0, 0.1) is 17.8 Å². The van der Waals surface area contributed by atoms with Gasteiger partial charge < -0.3 is 10.1 Å². The lowest BCUT2D eigenvalue weighted by atomic mass is 9.86. The largest absolute Gasteiger partial charge is 0.457 e.